The van der Waals surface area contributed by atoms with Crippen LogP contribution in [-0.2, 0) is 6.42 Å². The van der Waals surface area contributed by atoms with E-state index in [2.05, 4.69) is 42.0 Å². The predicted molar refractivity (Wildman–Crippen MR) is 70.0 cm³/mol. The zero-order valence-corrected chi connectivity index (χ0v) is 10.1. The number of likely N-dealkylation sites (N-methyl/N-ethyl adjacent to an activating group) is 1. The molecule has 1 aliphatic rings. The normalized spacial score (nSPS) is 15.2. The Bertz CT molecular complexity index is 459. The van der Waals surface area contributed by atoms with Gasteiger partial charge in [-0.05, 0) is 23.6 Å². The van der Waals surface area contributed by atoms with Gasteiger partial charge in [-0.25, -0.2) is 0 Å². The van der Waals surface area contributed by atoms with Gasteiger partial charge in [0.2, 0.25) is 0 Å². The van der Waals surface area contributed by atoms with Gasteiger partial charge < -0.3 is 4.90 Å². The number of hydrogen-bond acceptors (Lipinski definition) is 3. The second kappa shape index (κ2) is 5.03. The first-order valence-corrected chi connectivity index (χ1v) is 5.84. The fourth-order valence-corrected chi connectivity index (χ4v) is 2.21. The van der Waals surface area contributed by atoms with Gasteiger partial charge in [0.15, 0.2) is 0 Å². The van der Waals surface area contributed by atoms with Crippen LogP contribution < -0.4 is 10.2 Å². The summed E-state index contributed by atoms with van der Waals surface area (Å²) in [5.41, 5.74) is 3.67. The topological polar surface area (TPSA) is 39.1 Å². The van der Waals surface area contributed by atoms with Crippen LogP contribution in [0, 0.1) is 11.3 Å². The highest BCUT2D eigenvalue weighted by Gasteiger charge is 2.18. The van der Waals surface area contributed by atoms with Crippen molar-refractivity contribution < 1.29 is 0 Å². The van der Waals surface area contributed by atoms with E-state index in [9.17, 15) is 0 Å². The molecule has 3 nitrogen and oxygen atoms in total. The second-order valence-electron chi connectivity index (χ2n) is 4.32. The van der Waals surface area contributed by atoms with E-state index >= 15 is 0 Å². The third kappa shape index (κ3) is 2.32. The molecule has 17 heavy (non-hydrogen) atoms. The molecule has 1 aliphatic heterocycles. The second-order valence-corrected chi connectivity index (χ2v) is 4.32. The minimum absolute atomic E-state index is 0.246. The summed E-state index contributed by atoms with van der Waals surface area (Å²) in [5.74, 6) is 0. The van der Waals surface area contributed by atoms with Crippen molar-refractivity contribution in [2.24, 2.45) is 0 Å². The van der Waals surface area contributed by atoms with E-state index in [1.807, 2.05) is 6.07 Å². The van der Waals surface area contributed by atoms with E-state index in [1.165, 1.54) is 11.3 Å². The van der Waals surface area contributed by atoms with Crippen LogP contribution in [0.15, 0.2) is 30.9 Å². The van der Waals surface area contributed by atoms with Gasteiger partial charge in [0.25, 0.3) is 0 Å². The van der Waals surface area contributed by atoms with Gasteiger partial charge >= 0.3 is 0 Å². The molecular weight excluding hydrogens is 210 g/mol. The van der Waals surface area contributed by atoms with E-state index in [0.29, 0.717) is 6.54 Å². The highest BCUT2D eigenvalue weighted by molar-refractivity contribution is 5.59. The van der Waals surface area contributed by atoms with Gasteiger partial charge in [-0.2, -0.15) is 5.26 Å². The SMILES string of the molecule is C=CCNC(C#N)c1ccc2c(c1)CCN2C. The van der Waals surface area contributed by atoms with Crippen LogP contribution in [-0.4, -0.2) is 20.1 Å². The first kappa shape index (κ1) is 11.7. The molecule has 2 rings (SSSR count). The van der Waals surface area contributed by atoms with Crippen molar-refractivity contribution in [3.8, 4) is 6.07 Å². The smallest absolute Gasteiger partial charge is 0.121 e. The molecule has 0 saturated carbocycles. The zero-order chi connectivity index (χ0) is 12.3. The van der Waals surface area contributed by atoms with Crippen molar-refractivity contribution in [3.63, 3.8) is 0 Å². The number of nitrogens with one attached hydrogen (secondary N) is 1. The fraction of sp³-hybridized carbons (Fsp3) is 0.357. The molecule has 1 atom stereocenters. The number of rotatable bonds is 4. The van der Waals surface area contributed by atoms with Gasteiger partial charge in [0.1, 0.15) is 6.04 Å². The summed E-state index contributed by atoms with van der Waals surface area (Å²) in [5, 5.41) is 12.3. The third-order valence-corrected chi connectivity index (χ3v) is 3.16. The van der Waals surface area contributed by atoms with Crippen LogP contribution in [0.4, 0.5) is 5.69 Å². The Morgan fingerprint density at radius 2 is 2.47 bits per heavy atom. The molecule has 0 fully saturated rings. The molecule has 1 N–H and O–H groups in total. The highest BCUT2D eigenvalue weighted by Crippen LogP contribution is 2.29. The fourth-order valence-electron chi connectivity index (χ4n) is 2.21. The largest absolute Gasteiger partial charge is 0.374 e. The first-order valence-electron chi connectivity index (χ1n) is 5.84. The molecular formula is C14H17N3. The van der Waals surface area contributed by atoms with Crippen molar-refractivity contribution in [1.82, 2.24) is 5.32 Å². The Balaban J connectivity index is 2.22. The zero-order valence-electron chi connectivity index (χ0n) is 10.1. The van der Waals surface area contributed by atoms with Crippen molar-refractivity contribution in [1.29, 1.82) is 5.26 Å². The lowest BCUT2D eigenvalue weighted by Gasteiger charge is -2.14. The molecule has 1 heterocycles. The molecule has 1 unspecified atom stereocenters. The van der Waals surface area contributed by atoms with Crippen molar-refractivity contribution in [2.45, 2.75) is 12.5 Å². The lowest BCUT2D eigenvalue weighted by Crippen LogP contribution is -2.19. The molecule has 0 amide bonds. The maximum atomic E-state index is 9.15. The lowest BCUT2D eigenvalue weighted by molar-refractivity contribution is 0.683. The monoisotopic (exact) mass is 227 g/mol. The molecule has 1 aromatic carbocycles. The van der Waals surface area contributed by atoms with Crippen molar-refractivity contribution in [3.05, 3.63) is 42.0 Å². The number of hydrogen-bond donors (Lipinski definition) is 1. The molecule has 0 spiro atoms. The average Bonchev–Trinajstić information content (AvgIpc) is 2.72. The summed E-state index contributed by atoms with van der Waals surface area (Å²) in [7, 11) is 2.10. The summed E-state index contributed by atoms with van der Waals surface area (Å²) < 4.78 is 0. The van der Waals surface area contributed by atoms with E-state index in [-0.39, 0.29) is 6.04 Å². The minimum Gasteiger partial charge on any atom is -0.374 e. The molecule has 0 aliphatic carbocycles. The Morgan fingerprint density at radius 3 is 3.18 bits per heavy atom. The van der Waals surface area contributed by atoms with Crippen LogP contribution >= 0.6 is 0 Å². The molecule has 0 saturated heterocycles. The first-order chi connectivity index (χ1) is 8.26. The Hall–Kier alpha value is -1.79. The molecule has 1 aromatic rings. The predicted octanol–water partition coefficient (Wildman–Crippen LogP) is 2.02. The quantitative estimate of drug-likeness (QED) is 0.800. The summed E-state index contributed by atoms with van der Waals surface area (Å²) in [4.78, 5) is 2.25. The Labute approximate surface area is 102 Å². The van der Waals surface area contributed by atoms with Crippen LogP contribution in [0.25, 0.3) is 0 Å². The van der Waals surface area contributed by atoms with Gasteiger partial charge in [-0.15, -0.1) is 6.58 Å². The van der Waals surface area contributed by atoms with Gasteiger partial charge in [0.05, 0.1) is 6.07 Å². The molecule has 0 bridgehead atoms. The standard InChI is InChI=1S/C14H17N3/c1-3-7-16-13(10-15)11-4-5-14-12(9-11)6-8-17(14)2/h3-5,9,13,16H,1,6-8H2,2H3. The molecule has 3 heteroatoms. The number of benzene rings is 1. The van der Waals surface area contributed by atoms with Gasteiger partial charge in [-0.3, -0.25) is 5.32 Å². The molecule has 0 radical (unpaired) electrons. The number of fused-ring (bicyclic) bond motifs is 1. The maximum Gasteiger partial charge on any atom is 0.121 e. The lowest BCUT2D eigenvalue weighted by atomic mass is 10.0. The number of nitrogens with zero attached hydrogens (tertiary/aromatic N) is 2. The van der Waals surface area contributed by atoms with Crippen LogP contribution in [0.2, 0.25) is 0 Å². The summed E-state index contributed by atoms with van der Waals surface area (Å²) in [6.07, 6.45) is 2.84. The van der Waals surface area contributed by atoms with Gasteiger partial charge in [0, 0.05) is 25.8 Å². The summed E-state index contributed by atoms with van der Waals surface area (Å²) in [6, 6.07) is 8.32. The number of anilines is 1. The summed E-state index contributed by atoms with van der Waals surface area (Å²) >= 11 is 0. The van der Waals surface area contributed by atoms with Crippen molar-refractivity contribution >= 4 is 5.69 Å². The van der Waals surface area contributed by atoms with E-state index in [0.717, 1.165) is 18.5 Å². The minimum atomic E-state index is -0.246. The highest BCUT2D eigenvalue weighted by atomic mass is 15.1. The van der Waals surface area contributed by atoms with Gasteiger partial charge in [-0.1, -0.05) is 18.2 Å². The van der Waals surface area contributed by atoms with E-state index < -0.39 is 0 Å². The summed E-state index contributed by atoms with van der Waals surface area (Å²) in [6.45, 7) is 5.36. The molecule has 0 aromatic heterocycles. The van der Waals surface area contributed by atoms with Crippen LogP contribution in [0.3, 0.4) is 0 Å². The van der Waals surface area contributed by atoms with Crippen LogP contribution in [0.1, 0.15) is 17.2 Å². The van der Waals surface area contributed by atoms with E-state index in [4.69, 9.17) is 5.26 Å². The van der Waals surface area contributed by atoms with Crippen molar-refractivity contribution in [2.75, 3.05) is 25.0 Å². The third-order valence-electron chi connectivity index (χ3n) is 3.16. The van der Waals surface area contributed by atoms with Crippen LogP contribution in [0.5, 0.6) is 0 Å². The Kier molecular flexibility index (Phi) is 3.46. The maximum absolute atomic E-state index is 9.15. The molecule has 88 valence electrons. The number of nitriles is 1. The van der Waals surface area contributed by atoms with E-state index in [1.54, 1.807) is 6.08 Å². The Morgan fingerprint density at radius 1 is 1.65 bits per heavy atom. The average molecular weight is 227 g/mol.